The van der Waals surface area contributed by atoms with Gasteiger partial charge in [0, 0.05) is 28.3 Å². The summed E-state index contributed by atoms with van der Waals surface area (Å²) in [6, 6.07) is 57.4. The Morgan fingerprint density at radius 2 is 0.826 bits per heavy atom. The van der Waals surface area contributed by atoms with Crippen LogP contribution in [-0.4, -0.2) is 0 Å². The van der Waals surface area contributed by atoms with Gasteiger partial charge in [-0.2, -0.15) is 0 Å². The first-order chi connectivity index (χ1) is 22.8. The Hall–Kier alpha value is -5.08. The highest BCUT2D eigenvalue weighted by atomic mass is 15.2. The highest BCUT2D eigenvalue weighted by Gasteiger charge is 2.25. The van der Waals surface area contributed by atoms with Gasteiger partial charge in [-0.25, -0.2) is 0 Å². The summed E-state index contributed by atoms with van der Waals surface area (Å²) in [5, 5.41) is 0. The molecule has 0 radical (unpaired) electrons. The van der Waals surface area contributed by atoms with Gasteiger partial charge in [0.05, 0.1) is 11.4 Å². The van der Waals surface area contributed by atoms with Gasteiger partial charge < -0.3 is 9.80 Å². The van der Waals surface area contributed by atoms with Crippen molar-refractivity contribution in [3.8, 4) is 11.1 Å². The summed E-state index contributed by atoms with van der Waals surface area (Å²) in [7, 11) is 0. The zero-order valence-electron chi connectivity index (χ0n) is 27.1. The van der Waals surface area contributed by atoms with Crippen LogP contribution in [0.4, 0.5) is 34.1 Å². The highest BCUT2D eigenvalue weighted by molar-refractivity contribution is 5.99. The number of anilines is 6. The predicted molar refractivity (Wildman–Crippen MR) is 198 cm³/mol. The van der Waals surface area contributed by atoms with Crippen LogP contribution in [0.1, 0.15) is 50.7 Å². The molecule has 0 atom stereocenters. The number of rotatable bonds is 13. The molecule has 2 heteroatoms. The Kier molecular flexibility index (Phi) is 10.3. The second kappa shape index (κ2) is 15.3. The van der Waals surface area contributed by atoms with E-state index in [4.69, 9.17) is 0 Å². The first-order valence-corrected chi connectivity index (χ1v) is 16.8. The monoisotopic (exact) mass is 600 g/mol. The third-order valence-electron chi connectivity index (χ3n) is 8.62. The fraction of sp³-hybridized carbons (Fsp3) is 0.182. The first kappa shape index (κ1) is 30.9. The number of unbranched alkanes of at least 4 members (excludes halogenated alkanes) is 2. The summed E-state index contributed by atoms with van der Waals surface area (Å²) in [6.45, 7) is 4.51. The summed E-state index contributed by atoms with van der Waals surface area (Å²) in [4.78, 5) is 4.85. The molecular weight excluding hydrogens is 556 g/mol. The molecule has 6 rings (SSSR count). The van der Waals surface area contributed by atoms with Crippen LogP contribution in [0.3, 0.4) is 0 Å². The SMILES string of the molecule is CCCCc1ccc(N(c2ccccc2)c2cccc(-c3ccccc3)c2N(c2ccccc2)c2ccc(CCCC)cc2)cc1. The van der Waals surface area contributed by atoms with Crippen molar-refractivity contribution in [3.05, 3.63) is 169 Å². The second-order valence-electron chi connectivity index (χ2n) is 11.9. The van der Waals surface area contributed by atoms with Gasteiger partial charge in [-0.05, 0) is 97.0 Å². The number of nitrogens with zero attached hydrogens (tertiary/aromatic N) is 2. The standard InChI is InChI=1S/C44H44N2/c1-3-5-17-35-27-31-40(32-28-35)45(38-21-12-8-13-22-38)43-26-16-25-42(37-19-10-7-11-20-37)44(43)46(39-23-14-9-15-24-39)41-33-29-36(30-34-41)18-6-4-2/h7-16,19-34H,3-6,17-18H2,1-2H3. The lowest BCUT2D eigenvalue weighted by Crippen LogP contribution is -2.18. The normalized spacial score (nSPS) is 10.9. The zero-order valence-corrected chi connectivity index (χ0v) is 27.1. The molecule has 0 bridgehead atoms. The van der Waals surface area contributed by atoms with Crippen molar-refractivity contribution in [2.24, 2.45) is 0 Å². The average molecular weight is 601 g/mol. The minimum atomic E-state index is 1.10. The topological polar surface area (TPSA) is 6.48 Å². The Balaban J connectivity index is 1.61. The molecule has 0 aliphatic carbocycles. The van der Waals surface area contributed by atoms with E-state index in [2.05, 4.69) is 181 Å². The van der Waals surface area contributed by atoms with E-state index in [9.17, 15) is 0 Å². The zero-order chi connectivity index (χ0) is 31.6. The van der Waals surface area contributed by atoms with Crippen molar-refractivity contribution in [1.29, 1.82) is 0 Å². The maximum absolute atomic E-state index is 2.44. The van der Waals surface area contributed by atoms with E-state index in [1.807, 2.05) is 0 Å². The lowest BCUT2D eigenvalue weighted by Gasteiger charge is -2.35. The van der Waals surface area contributed by atoms with E-state index in [1.165, 1.54) is 47.9 Å². The number of hydrogen-bond acceptors (Lipinski definition) is 2. The summed E-state index contributed by atoms with van der Waals surface area (Å²) < 4.78 is 0. The fourth-order valence-corrected chi connectivity index (χ4v) is 6.17. The van der Waals surface area contributed by atoms with Crippen molar-refractivity contribution < 1.29 is 0 Å². The van der Waals surface area contributed by atoms with Gasteiger partial charge in [0.2, 0.25) is 0 Å². The minimum Gasteiger partial charge on any atom is -0.308 e. The van der Waals surface area contributed by atoms with Crippen LogP contribution in [0.15, 0.2) is 158 Å². The Bertz CT molecular complexity index is 1780. The van der Waals surface area contributed by atoms with Crippen LogP contribution in [0, 0.1) is 0 Å². The quantitative estimate of drug-likeness (QED) is 0.130. The van der Waals surface area contributed by atoms with Gasteiger partial charge in [-0.15, -0.1) is 0 Å². The summed E-state index contributed by atoms with van der Waals surface area (Å²) >= 11 is 0. The van der Waals surface area contributed by atoms with Crippen LogP contribution in [0.5, 0.6) is 0 Å². The van der Waals surface area contributed by atoms with E-state index >= 15 is 0 Å². The van der Waals surface area contributed by atoms with Crippen LogP contribution in [0.25, 0.3) is 11.1 Å². The number of aryl methyl sites for hydroxylation is 2. The summed E-state index contributed by atoms with van der Waals surface area (Å²) in [6.07, 6.45) is 7.00. The lowest BCUT2D eigenvalue weighted by atomic mass is 9.98. The Morgan fingerprint density at radius 3 is 1.33 bits per heavy atom. The molecular formula is C44H44N2. The van der Waals surface area contributed by atoms with Crippen molar-refractivity contribution in [1.82, 2.24) is 0 Å². The van der Waals surface area contributed by atoms with Gasteiger partial charge in [-0.1, -0.05) is 130 Å². The minimum absolute atomic E-state index is 1.10. The van der Waals surface area contributed by atoms with Crippen LogP contribution in [0.2, 0.25) is 0 Å². The molecule has 0 unspecified atom stereocenters. The van der Waals surface area contributed by atoms with E-state index < -0.39 is 0 Å². The third kappa shape index (κ3) is 7.08. The van der Waals surface area contributed by atoms with Gasteiger partial charge in [0.15, 0.2) is 0 Å². The lowest BCUT2D eigenvalue weighted by molar-refractivity contribution is 0.795. The van der Waals surface area contributed by atoms with Crippen molar-refractivity contribution in [2.75, 3.05) is 9.80 Å². The molecule has 0 aromatic heterocycles. The molecule has 0 saturated heterocycles. The van der Waals surface area contributed by atoms with Gasteiger partial charge in [-0.3, -0.25) is 0 Å². The van der Waals surface area contributed by atoms with Crippen LogP contribution in [-0.2, 0) is 12.8 Å². The first-order valence-electron chi connectivity index (χ1n) is 16.8. The Labute approximate surface area is 275 Å². The van der Waals surface area contributed by atoms with E-state index in [0.29, 0.717) is 0 Å². The Morgan fingerprint density at radius 1 is 0.391 bits per heavy atom. The second-order valence-corrected chi connectivity index (χ2v) is 11.9. The molecule has 2 nitrogen and oxygen atoms in total. The van der Waals surface area contributed by atoms with Gasteiger partial charge >= 0.3 is 0 Å². The molecule has 6 aromatic rings. The van der Waals surface area contributed by atoms with Crippen molar-refractivity contribution in [3.63, 3.8) is 0 Å². The summed E-state index contributed by atoms with van der Waals surface area (Å²) in [5.74, 6) is 0. The molecule has 0 saturated carbocycles. The average Bonchev–Trinajstić information content (AvgIpc) is 3.13. The molecule has 0 amide bonds. The molecule has 230 valence electrons. The van der Waals surface area contributed by atoms with Crippen molar-refractivity contribution >= 4 is 34.1 Å². The van der Waals surface area contributed by atoms with E-state index in [1.54, 1.807) is 0 Å². The van der Waals surface area contributed by atoms with Crippen LogP contribution < -0.4 is 9.80 Å². The van der Waals surface area contributed by atoms with Gasteiger partial charge in [0.25, 0.3) is 0 Å². The predicted octanol–water partition coefficient (Wildman–Crippen LogP) is 13.0. The van der Waals surface area contributed by atoms with Crippen molar-refractivity contribution in [2.45, 2.75) is 52.4 Å². The van der Waals surface area contributed by atoms with E-state index in [0.717, 1.165) is 47.0 Å². The third-order valence-corrected chi connectivity index (χ3v) is 8.62. The molecule has 0 heterocycles. The van der Waals surface area contributed by atoms with Gasteiger partial charge in [0.1, 0.15) is 0 Å². The number of para-hydroxylation sites is 3. The number of benzene rings is 6. The molecule has 0 aliphatic heterocycles. The summed E-state index contributed by atoms with van der Waals surface area (Å²) in [5.41, 5.74) is 11.9. The fourth-order valence-electron chi connectivity index (χ4n) is 6.17. The van der Waals surface area contributed by atoms with Crippen LogP contribution >= 0.6 is 0 Å². The smallest absolute Gasteiger partial charge is 0.0781 e. The molecule has 6 aromatic carbocycles. The van der Waals surface area contributed by atoms with E-state index in [-0.39, 0.29) is 0 Å². The number of hydrogen-bond donors (Lipinski definition) is 0. The molecule has 0 fully saturated rings. The molecule has 0 N–H and O–H groups in total. The molecule has 46 heavy (non-hydrogen) atoms. The maximum atomic E-state index is 2.44. The highest BCUT2D eigenvalue weighted by Crippen LogP contribution is 2.50. The maximum Gasteiger partial charge on any atom is 0.0781 e. The molecule has 0 spiro atoms. The largest absolute Gasteiger partial charge is 0.308 e. The molecule has 0 aliphatic rings.